The van der Waals surface area contributed by atoms with Crippen LogP contribution in [0.3, 0.4) is 0 Å². The maximum absolute atomic E-state index is 13.5. The number of hydrogen-bond acceptors (Lipinski definition) is 5. The lowest BCUT2D eigenvalue weighted by molar-refractivity contribution is -0.149. The zero-order valence-electron chi connectivity index (χ0n) is 16.9. The van der Waals surface area contributed by atoms with Gasteiger partial charge < -0.3 is 19.6 Å². The number of phenols is 1. The number of halogens is 1. The Kier molecular flexibility index (Phi) is 5.14. The minimum absolute atomic E-state index is 0.0366. The van der Waals surface area contributed by atoms with Gasteiger partial charge in [0.05, 0.1) is 13.2 Å². The van der Waals surface area contributed by atoms with Gasteiger partial charge in [0, 0.05) is 18.7 Å². The summed E-state index contributed by atoms with van der Waals surface area (Å²) >= 11 is 1.59. The summed E-state index contributed by atoms with van der Waals surface area (Å²) in [7, 11) is 0. The first-order chi connectivity index (χ1) is 15.0. The van der Waals surface area contributed by atoms with E-state index in [0.717, 1.165) is 11.1 Å². The number of aromatic hydroxyl groups is 1. The molecule has 3 fully saturated rings. The van der Waals surface area contributed by atoms with Gasteiger partial charge in [-0.25, -0.2) is 4.39 Å². The van der Waals surface area contributed by atoms with E-state index in [0.29, 0.717) is 38.3 Å². The van der Waals surface area contributed by atoms with Crippen LogP contribution in [0.4, 0.5) is 4.39 Å². The zero-order chi connectivity index (χ0) is 21.6. The molecule has 0 aliphatic carbocycles. The summed E-state index contributed by atoms with van der Waals surface area (Å²) in [4.78, 5) is 29.2. The van der Waals surface area contributed by atoms with Crippen molar-refractivity contribution in [2.45, 2.75) is 29.9 Å². The van der Waals surface area contributed by atoms with Crippen molar-refractivity contribution in [3.05, 3.63) is 65.5 Å². The van der Waals surface area contributed by atoms with E-state index in [9.17, 15) is 19.1 Å². The maximum atomic E-state index is 13.5. The Morgan fingerprint density at radius 3 is 2.81 bits per heavy atom. The third-order valence-corrected chi connectivity index (χ3v) is 7.92. The molecule has 31 heavy (non-hydrogen) atoms. The third-order valence-electron chi connectivity index (χ3n) is 6.33. The van der Waals surface area contributed by atoms with E-state index >= 15 is 0 Å². The van der Waals surface area contributed by atoms with E-state index in [2.05, 4.69) is 0 Å². The first-order valence-corrected chi connectivity index (χ1v) is 11.4. The quantitative estimate of drug-likeness (QED) is 0.791. The molecule has 3 saturated heterocycles. The SMILES string of the molecule is O=C(C1CSC2(c3ccc(F)cc3)CCC(=O)N12)N1CCOC(c2cccc(O)c2)C1. The van der Waals surface area contributed by atoms with Crippen LogP contribution in [0.25, 0.3) is 0 Å². The highest BCUT2D eigenvalue weighted by atomic mass is 32.2. The van der Waals surface area contributed by atoms with E-state index < -0.39 is 10.9 Å². The molecule has 3 atom stereocenters. The second-order valence-corrected chi connectivity index (χ2v) is 9.42. The molecule has 5 rings (SSSR count). The van der Waals surface area contributed by atoms with Crippen molar-refractivity contribution in [1.29, 1.82) is 0 Å². The van der Waals surface area contributed by atoms with Crippen LogP contribution >= 0.6 is 11.8 Å². The van der Waals surface area contributed by atoms with Crippen molar-refractivity contribution in [1.82, 2.24) is 9.80 Å². The van der Waals surface area contributed by atoms with Gasteiger partial charge in [0.25, 0.3) is 0 Å². The standard InChI is InChI=1S/C23H23FN2O4S/c24-17-6-4-16(5-7-17)23-9-8-21(28)26(23)19(14-31-23)22(29)25-10-11-30-20(13-25)15-2-1-3-18(27)12-15/h1-7,12,19-20,27H,8-11,13-14H2. The molecule has 3 aliphatic heterocycles. The molecule has 162 valence electrons. The number of phenolic OH excluding ortho intramolecular Hbond substituents is 1. The highest BCUT2D eigenvalue weighted by Crippen LogP contribution is 2.54. The number of rotatable bonds is 3. The highest BCUT2D eigenvalue weighted by Gasteiger charge is 2.57. The summed E-state index contributed by atoms with van der Waals surface area (Å²) in [5, 5.41) is 9.77. The molecule has 0 bridgehead atoms. The lowest BCUT2D eigenvalue weighted by atomic mass is 10.0. The van der Waals surface area contributed by atoms with Crippen LogP contribution in [0.5, 0.6) is 5.75 Å². The molecular formula is C23H23FN2O4S. The molecule has 3 aliphatic rings. The van der Waals surface area contributed by atoms with Gasteiger partial charge in [-0.1, -0.05) is 24.3 Å². The van der Waals surface area contributed by atoms with Crippen molar-refractivity contribution in [2.24, 2.45) is 0 Å². The first-order valence-electron chi connectivity index (χ1n) is 10.4. The molecule has 2 aromatic carbocycles. The summed E-state index contributed by atoms with van der Waals surface area (Å²) in [5.74, 6) is 0.225. The molecule has 1 N–H and O–H groups in total. The van der Waals surface area contributed by atoms with E-state index in [1.54, 1.807) is 51.9 Å². The van der Waals surface area contributed by atoms with Gasteiger partial charge in [0.15, 0.2) is 0 Å². The number of fused-ring (bicyclic) bond motifs is 1. The fourth-order valence-electron chi connectivity index (χ4n) is 4.82. The van der Waals surface area contributed by atoms with Crippen LogP contribution < -0.4 is 0 Å². The number of hydrogen-bond donors (Lipinski definition) is 1. The number of carbonyl (C=O) groups is 2. The molecule has 3 unspecified atom stereocenters. The van der Waals surface area contributed by atoms with Crippen LogP contribution in [-0.4, -0.2) is 58.2 Å². The minimum atomic E-state index is -0.609. The summed E-state index contributed by atoms with van der Waals surface area (Å²) in [6, 6.07) is 12.6. The Bertz CT molecular complexity index is 1020. The van der Waals surface area contributed by atoms with Crippen LogP contribution in [-0.2, 0) is 19.2 Å². The van der Waals surface area contributed by atoms with Gasteiger partial charge >= 0.3 is 0 Å². The first kappa shape index (κ1) is 20.3. The maximum Gasteiger partial charge on any atom is 0.246 e. The number of ether oxygens (including phenoxy) is 1. The molecule has 8 heteroatoms. The Morgan fingerprint density at radius 2 is 2.03 bits per heavy atom. The number of morpholine rings is 1. The number of carbonyl (C=O) groups excluding carboxylic acids is 2. The van der Waals surface area contributed by atoms with Crippen LogP contribution in [0.15, 0.2) is 48.5 Å². The molecule has 2 amide bonds. The topological polar surface area (TPSA) is 70.1 Å². The number of nitrogens with zero attached hydrogens (tertiary/aromatic N) is 2. The van der Waals surface area contributed by atoms with Crippen molar-refractivity contribution < 1.29 is 23.8 Å². The highest BCUT2D eigenvalue weighted by molar-refractivity contribution is 8.00. The summed E-state index contributed by atoms with van der Waals surface area (Å²) in [6.45, 7) is 1.22. The average molecular weight is 443 g/mol. The van der Waals surface area contributed by atoms with Gasteiger partial charge in [-0.2, -0.15) is 0 Å². The largest absolute Gasteiger partial charge is 0.508 e. The van der Waals surface area contributed by atoms with Crippen molar-refractivity contribution in [3.63, 3.8) is 0 Å². The van der Waals surface area contributed by atoms with Gasteiger partial charge in [-0.05, 0) is 41.8 Å². The van der Waals surface area contributed by atoms with E-state index in [1.165, 1.54) is 12.1 Å². The number of amides is 2. The molecule has 2 aromatic rings. The lowest BCUT2D eigenvalue weighted by Gasteiger charge is -2.38. The molecular weight excluding hydrogens is 419 g/mol. The second kappa shape index (κ2) is 7.84. The van der Waals surface area contributed by atoms with Crippen LogP contribution in [0, 0.1) is 5.82 Å². The predicted molar refractivity (Wildman–Crippen MR) is 114 cm³/mol. The van der Waals surface area contributed by atoms with Gasteiger partial charge in [0.2, 0.25) is 11.8 Å². The normalized spacial score (nSPS) is 28.1. The fourth-order valence-corrected chi connectivity index (χ4v) is 6.47. The average Bonchev–Trinajstić information content (AvgIpc) is 3.33. The second-order valence-electron chi connectivity index (χ2n) is 8.12. The van der Waals surface area contributed by atoms with E-state index in [1.807, 2.05) is 6.07 Å². The Hall–Kier alpha value is -2.58. The monoisotopic (exact) mass is 442 g/mol. The minimum Gasteiger partial charge on any atom is -0.508 e. The predicted octanol–water partition coefficient (Wildman–Crippen LogP) is 3.02. The lowest BCUT2D eigenvalue weighted by Crippen LogP contribution is -2.54. The van der Waals surface area contributed by atoms with Gasteiger partial charge in [-0.15, -0.1) is 11.8 Å². The Balaban J connectivity index is 1.38. The molecule has 3 heterocycles. The smallest absolute Gasteiger partial charge is 0.246 e. The van der Waals surface area contributed by atoms with Crippen LogP contribution in [0.2, 0.25) is 0 Å². The molecule has 6 nitrogen and oxygen atoms in total. The zero-order valence-corrected chi connectivity index (χ0v) is 17.7. The van der Waals surface area contributed by atoms with Gasteiger partial charge in [-0.3, -0.25) is 9.59 Å². The Labute approximate surface area is 184 Å². The molecule has 0 saturated carbocycles. The van der Waals surface area contributed by atoms with Crippen molar-refractivity contribution >= 4 is 23.6 Å². The number of benzene rings is 2. The summed E-state index contributed by atoms with van der Waals surface area (Å²) in [6.07, 6.45) is 0.666. The van der Waals surface area contributed by atoms with E-state index in [4.69, 9.17) is 4.74 Å². The summed E-state index contributed by atoms with van der Waals surface area (Å²) in [5.41, 5.74) is 1.68. The molecule has 0 spiro atoms. The van der Waals surface area contributed by atoms with Crippen LogP contribution in [0.1, 0.15) is 30.1 Å². The molecule has 0 aromatic heterocycles. The van der Waals surface area contributed by atoms with Crippen molar-refractivity contribution in [3.8, 4) is 5.75 Å². The number of thioether (sulfide) groups is 1. The van der Waals surface area contributed by atoms with Gasteiger partial charge in [0.1, 0.15) is 28.6 Å². The molecule has 0 radical (unpaired) electrons. The van der Waals surface area contributed by atoms with Crippen molar-refractivity contribution in [2.75, 3.05) is 25.4 Å². The fraction of sp³-hybridized carbons (Fsp3) is 0.391. The third kappa shape index (κ3) is 3.47. The van der Waals surface area contributed by atoms with E-state index in [-0.39, 0.29) is 29.5 Å². The summed E-state index contributed by atoms with van der Waals surface area (Å²) < 4.78 is 19.3. The Morgan fingerprint density at radius 1 is 1.23 bits per heavy atom.